The lowest BCUT2D eigenvalue weighted by Crippen LogP contribution is -2.35. The number of hydrogen-bond donors (Lipinski definition) is 1. The number of carbonyl (C=O) groups is 2. The molecule has 1 atom stereocenters. The minimum absolute atomic E-state index is 0.119. The first kappa shape index (κ1) is 15.2. The monoisotopic (exact) mass is 269 g/mol. The topological polar surface area (TPSA) is 80.0 Å². The molecule has 1 unspecified atom stereocenters. The zero-order valence-corrected chi connectivity index (χ0v) is 11.6. The van der Waals surface area contributed by atoms with Gasteiger partial charge in [0.15, 0.2) is 0 Å². The van der Waals surface area contributed by atoms with Gasteiger partial charge in [-0.2, -0.15) is 0 Å². The van der Waals surface area contributed by atoms with Crippen LogP contribution in [0.5, 0.6) is 0 Å². The number of ether oxygens (including phenoxy) is 1. The largest absolute Gasteiger partial charge is 0.478 e. The standard InChI is InChI=1S/C13H19NO5/c1-5-18-9(3)12(15)14(4)7-10-6-11(13(16)17)8(2)19-10/h6,9H,5,7H2,1-4H3,(H,16,17). The third-order valence-electron chi connectivity index (χ3n) is 2.73. The minimum Gasteiger partial charge on any atom is -0.478 e. The molecular weight excluding hydrogens is 250 g/mol. The molecule has 6 nitrogen and oxygen atoms in total. The van der Waals surface area contributed by atoms with Gasteiger partial charge in [0.05, 0.1) is 6.54 Å². The highest BCUT2D eigenvalue weighted by Gasteiger charge is 2.20. The molecule has 1 aromatic heterocycles. The molecule has 0 aromatic carbocycles. The number of carboxylic acid groups (broad SMARTS) is 1. The summed E-state index contributed by atoms with van der Waals surface area (Å²) in [5.74, 6) is -0.437. The van der Waals surface area contributed by atoms with E-state index in [0.29, 0.717) is 18.1 Å². The lowest BCUT2D eigenvalue weighted by atomic mass is 10.2. The van der Waals surface area contributed by atoms with E-state index in [1.54, 1.807) is 20.9 Å². The van der Waals surface area contributed by atoms with Crippen molar-refractivity contribution < 1.29 is 23.8 Å². The first-order valence-corrected chi connectivity index (χ1v) is 6.06. The summed E-state index contributed by atoms with van der Waals surface area (Å²) in [5, 5.41) is 8.92. The highest BCUT2D eigenvalue weighted by Crippen LogP contribution is 2.16. The normalized spacial score (nSPS) is 12.2. The summed E-state index contributed by atoms with van der Waals surface area (Å²) in [6, 6.07) is 1.44. The van der Waals surface area contributed by atoms with Gasteiger partial charge in [-0.1, -0.05) is 0 Å². The van der Waals surface area contributed by atoms with E-state index in [0.717, 1.165) is 0 Å². The number of nitrogens with zero attached hydrogens (tertiary/aromatic N) is 1. The third-order valence-corrected chi connectivity index (χ3v) is 2.73. The Labute approximate surface area is 112 Å². The van der Waals surface area contributed by atoms with Gasteiger partial charge in [0.1, 0.15) is 23.2 Å². The van der Waals surface area contributed by atoms with Crippen molar-refractivity contribution in [3.05, 3.63) is 23.2 Å². The van der Waals surface area contributed by atoms with Crippen LogP contribution in [0.2, 0.25) is 0 Å². The first-order chi connectivity index (χ1) is 8.86. The number of aromatic carboxylic acids is 1. The molecule has 1 heterocycles. The number of carbonyl (C=O) groups excluding carboxylic acids is 1. The predicted octanol–water partition coefficient (Wildman–Crippen LogP) is 1.67. The second-order valence-electron chi connectivity index (χ2n) is 4.28. The van der Waals surface area contributed by atoms with Crippen LogP contribution in [0.1, 0.15) is 35.7 Å². The van der Waals surface area contributed by atoms with E-state index in [1.165, 1.54) is 11.0 Å². The molecule has 0 radical (unpaired) electrons. The van der Waals surface area contributed by atoms with Crippen LogP contribution in [-0.4, -0.2) is 41.6 Å². The Morgan fingerprint density at radius 3 is 2.63 bits per heavy atom. The van der Waals surface area contributed by atoms with Gasteiger partial charge in [0, 0.05) is 13.7 Å². The van der Waals surface area contributed by atoms with Gasteiger partial charge in [-0.25, -0.2) is 4.79 Å². The zero-order chi connectivity index (χ0) is 14.6. The van der Waals surface area contributed by atoms with Crippen LogP contribution >= 0.6 is 0 Å². The van der Waals surface area contributed by atoms with Crippen molar-refractivity contribution in [2.75, 3.05) is 13.7 Å². The van der Waals surface area contributed by atoms with E-state index in [1.807, 2.05) is 6.92 Å². The minimum atomic E-state index is -1.04. The molecule has 1 N–H and O–H groups in total. The highest BCUT2D eigenvalue weighted by atomic mass is 16.5. The van der Waals surface area contributed by atoms with Gasteiger partial charge >= 0.3 is 5.97 Å². The lowest BCUT2D eigenvalue weighted by molar-refractivity contribution is -0.141. The van der Waals surface area contributed by atoms with Crippen molar-refractivity contribution in [2.45, 2.75) is 33.4 Å². The maximum Gasteiger partial charge on any atom is 0.339 e. The summed E-state index contributed by atoms with van der Waals surface area (Å²) in [6.07, 6.45) is -0.523. The average molecular weight is 269 g/mol. The second-order valence-corrected chi connectivity index (χ2v) is 4.28. The van der Waals surface area contributed by atoms with Crippen molar-refractivity contribution in [3.8, 4) is 0 Å². The molecule has 6 heteroatoms. The summed E-state index contributed by atoms with van der Waals surface area (Å²) in [6.45, 7) is 5.75. The van der Waals surface area contributed by atoms with Crippen LogP contribution in [-0.2, 0) is 16.1 Å². The van der Waals surface area contributed by atoms with Crippen LogP contribution < -0.4 is 0 Å². The Hall–Kier alpha value is -1.82. The summed E-state index contributed by atoms with van der Waals surface area (Å²) in [4.78, 5) is 24.2. The van der Waals surface area contributed by atoms with E-state index in [2.05, 4.69) is 0 Å². The van der Waals surface area contributed by atoms with E-state index < -0.39 is 12.1 Å². The smallest absolute Gasteiger partial charge is 0.339 e. The van der Waals surface area contributed by atoms with E-state index in [9.17, 15) is 9.59 Å². The molecule has 0 aliphatic heterocycles. The Balaban J connectivity index is 2.71. The van der Waals surface area contributed by atoms with Crippen LogP contribution in [0.4, 0.5) is 0 Å². The number of likely N-dealkylation sites (N-methyl/N-ethyl adjacent to an activating group) is 1. The molecule has 106 valence electrons. The van der Waals surface area contributed by atoms with Gasteiger partial charge < -0.3 is 19.2 Å². The second kappa shape index (κ2) is 6.38. The third kappa shape index (κ3) is 3.82. The van der Waals surface area contributed by atoms with E-state index in [4.69, 9.17) is 14.3 Å². The molecule has 1 rings (SSSR count). The lowest BCUT2D eigenvalue weighted by Gasteiger charge is -2.20. The number of hydrogen-bond acceptors (Lipinski definition) is 4. The van der Waals surface area contributed by atoms with Crippen LogP contribution in [0.25, 0.3) is 0 Å². The molecule has 0 aliphatic rings. The number of furan rings is 1. The molecule has 0 saturated carbocycles. The fraction of sp³-hybridized carbons (Fsp3) is 0.538. The van der Waals surface area contributed by atoms with Crippen molar-refractivity contribution in [3.63, 3.8) is 0 Å². The average Bonchev–Trinajstić information content (AvgIpc) is 2.69. The Morgan fingerprint density at radius 2 is 2.16 bits per heavy atom. The van der Waals surface area contributed by atoms with Crippen LogP contribution in [0.15, 0.2) is 10.5 Å². The Morgan fingerprint density at radius 1 is 1.53 bits per heavy atom. The maximum atomic E-state index is 11.9. The van der Waals surface area contributed by atoms with Gasteiger partial charge in [-0.15, -0.1) is 0 Å². The van der Waals surface area contributed by atoms with Crippen molar-refractivity contribution >= 4 is 11.9 Å². The van der Waals surface area contributed by atoms with Gasteiger partial charge in [-0.3, -0.25) is 4.79 Å². The summed E-state index contributed by atoms with van der Waals surface area (Å²) in [7, 11) is 1.62. The Kier molecular flexibility index (Phi) is 5.11. The van der Waals surface area contributed by atoms with Crippen LogP contribution in [0.3, 0.4) is 0 Å². The first-order valence-electron chi connectivity index (χ1n) is 6.06. The van der Waals surface area contributed by atoms with Gasteiger partial charge in [0.25, 0.3) is 5.91 Å². The van der Waals surface area contributed by atoms with Crippen molar-refractivity contribution in [1.29, 1.82) is 0 Å². The zero-order valence-electron chi connectivity index (χ0n) is 11.6. The molecule has 0 saturated heterocycles. The van der Waals surface area contributed by atoms with Crippen LogP contribution in [0, 0.1) is 6.92 Å². The molecule has 0 bridgehead atoms. The molecule has 0 fully saturated rings. The molecule has 1 aromatic rings. The Bertz CT molecular complexity index is 466. The molecule has 0 spiro atoms. The molecule has 0 aliphatic carbocycles. The van der Waals surface area contributed by atoms with Crippen molar-refractivity contribution in [2.24, 2.45) is 0 Å². The van der Waals surface area contributed by atoms with E-state index >= 15 is 0 Å². The summed E-state index contributed by atoms with van der Waals surface area (Å²) in [5.41, 5.74) is 0.119. The fourth-order valence-electron chi connectivity index (χ4n) is 1.78. The SMILES string of the molecule is CCOC(C)C(=O)N(C)Cc1cc(C(=O)O)c(C)o1. The summed E-state index contributed by atoms with van der Waals surface area (Å²) >= 11 is 0. The number of rotatable bonds is 6. The molecule has 1 amide bonds. The predicted molar refractivity (Wildman–Crippen MR) is 68.0 cm³/mol. The van der Waals surface area contributed by atoms with Gasteiger partial charge in [0.2, 0.25) is 0 Å². The summed E-state index contributed by atoms with van der Waals surface area (Å²) < 4.78 is 10.5. The van der Waals surface area contributed by atoms with Gasteiger partial charge in [-0.05, 0) is 26.8 Å². The number of aryl methyl sites for hydroxylation is 1. The molecular formula is C13H19NO5. The maximum absolute atomic E-state index is 11.9. The van der Waals surface area contributed by atoms with Crippen molar-refractivity contribution in [1.82, 2.24) is 4.90 Å². The highest BCUT2D eigenvalue weighted by molar-refractivity contribution is 5.88. The van der Waals surface area contributed by atoms with E-state index in [-0.39, 0.29) is 18.0 Å². The molecule has 19 heavy (non-hydrogen) atoms. The number of amides is 1. The number of carboxylic acids is 1. The fourth-order valence-corrected chi connectivity index (χ4v) is 1.78. The quantitative estimate of drug-likeness (QED) is 0.849.